The minimum Gasteiger partial charge on any atom is -0.353 e. The van der Waals surface area contributed by atoms with Gasteiger partial charge in [0.2, 0.25) is 0 Å². The van der Waals surface area contributed by atoms with E-state index in [1.807, 2.05) is 18.5 Å². The second-order valence-electron chi connectivity index (χ2n) is 6.64. The Morgan fingerprint density at radius 2 is 2.04 bits per heavy atom. The summed E-state index contributed by atoms with van der Waals surface area (Å²) in [5.41, 5.74) is 3.30. The van der Waals surface area contributed by atoms with Crippen LogP contribution in [0.15, 0.2) is 41.3 Å². The van der Waals surface area contributed by atoms with Gasteiger partial charge in [0.05, 0.1) is 17.3 Å². The van der Waals surface area contributed by atoms with Crippen LogP contribution in [0.5, 0.6) is 0 Å². The van der Waals surface area contributed by atoms with Gasteiger partial charge in [0.15, 0.2) is 0 Å². The van der Waals surface area contributed by atoms with Gasteiger partial charge in [-0.25, -0.2) is 9.50 Å². The fraction of sp³-hybridized carbons (Fsp3) is 0.278. The summed E-state index contributed by atoms with van der Waals surface area (Å²) in [6.07, 6.45) is 6.62. The molecule has 3 saturated heterocycles. The predicted octanol–water partition coefficient (Wildman–Crippen LogP) is 2.58. The Balaban J connectivity index is 1.54. The summed E-state index contributed by atoms with van der Waals surface area (Å²) in [4.78, 5) is 7.02. The van der Waals surface area contributed by atoms with Crippen LogP contribution in [0.4, 0.5) is 5.82 Å². The van der Waals surface area contributed by atoms with E-state index in [1.165, 1.54) is 6.42 Å². The lowest BCUT2D eigenvalue weighted by Crippen LogP contribution is -2.67. The van der Waals surface area contributed by atoms with Gasteiger partial charge in [-0.05, 0) is 40.5 Å². The zero-order chi connectivity index (χ0) is 17.0. The lowest BCUT2D eigenvalue weighted by atomic mass is 9.91. The van der Waals surface area contributed by atoms with Crippen molar-refractivity contribution in [1.29, 1.82) is 5.26 Å². The van der Waals surface area contributed by atoms with Gasteiger partial charge in [-0.2, -0.15) is 10.4 Å². The van der Waals surface area contributed by atoms with Crippen molar-refractivity contribution < 1.29 is 0 Å². The molecule has 3 aromatic heterocycles. The summed E-state index contributed by atoms with van der Waals surface area (Å²) < 4.78 is 2.64. The van der Waals surface area contributed by atoms with Crippen molar-refractivity contribution in [3.8, 4) is 17.2 Å². The van der Waals surface area contributed by atoms with E-state index >= 15 is 0 Å². The monoisotopic (exact) mass is 394 g/mol. The first-order valence-electron chi connectivity index (χ1n) is 8.25. The smallest absolute Gasteiger partial charge is 0.128 e. The number of fused-ring (bicyclic) bond motifs is 3. The molecule has 0 radical (unpaired) electrons. The number of aromatic nitrogens is 3. The van der Waals surface area contributed by atoms with Crippen molar-refractivity contribution in [3.63, 3.8) is 0 Å². The first kappa shape index (κ1) is 14.9. The third-order valence-corrected chi connectivity index (χ3v) is 5.44. The molecule has 124 valence electrons. The van der Waals surface area contributed by atoms with Gasteiger partial charge < -0.3 is 10.2 Å². The molecule has 3 fully saturated rings. The third-order valence-electron chi connectivity index (χ3n) is 5.00. The van der Waals surface area contributed by atoms with Crippen LogP contribution in [0.3, 0.4) is 0 Å². The second-order valence-corrected chi connectivity index (χ2v) is 7.56. The fourth-order valence-corrected chi connectivity index (χ4v) is 4.25. The van der Waals surface area contributed by atoms with Crippen molar-refractivity contribution in [1.82, 2.24) is 19.9 Å². The highest BCUT2D eigenvalue weighted by molar-refractivity contribution is 9.10. The highest BCUT2D eigenvalue weighted by Crippen LogP contribution is 2.31. The van der Waals surface area contributed by atoms with Gasteiger partial charge in [0.1, 0.15) is 11.9 Å². The van der Waals surface area contributed by atoms with Gasteiger partial charge in [-0.1, -0.05) is 0 Å². The van der Waals surface area contributed by atoms with Crippen LogP contribution in [-0.4, -0.2) is 39.8 Å². The predicted molar refractivity (Wildman–Crippen MR) is 98.4 cm³/mol. The van der Waals surface area contributed by atoms with Gasteiger partial charge in [0, 0.05) is 53.2 Å². The van der Waals surface area contributed by atoms with Crippen molar-refractivity contribution >= 4 is 27.3 Å². The molecular formula is C18H15BrN6. The van der Waals surface area contributed by atoms with E-state index in [9.17, 15) is 5.26 Å². The maximum Gasteiger partial charge on any atom is 0.128 e. The molecule has 3 aliphatic heterocycles. The zero-order valence-corrected chi connectivity index (χ0v) is 14.9. The Morgan fingerprint density at radius 3 is 2.72 bits per heavy atom. The number of nitriles is 1. The molecule has 6 rings (SSSR count). The molecule has 2 unspecified atom stereocenters. The standard InChI is InChI=1S/C18H15BrN6/c19-13-3-16(18-12(5-20)7-22-25(18)8-13)11-1-2-17(21-6-11)24-9-14-4-15(10-24)23-14/h1-3,6-8,14-15,23H,4,9-10H2. The van der Waals surface area contributed by atoms with E-state index in [2.05, 4.69) is 54.4 Å². The number of hydrogen-bond acceptors (Lipinski definition) is 5. The normalized spacial score (nSPS) is 21.8. The van der Waals surface area contributed by atoms with Crippen molar-refractivity contribution in [2.45, 2.75) is 18.5 Å². The maximum absolute atomic E-state index is 9.37. The zero-order valence-electron chi connectivity index (χ0n) is 13.4. The van der Waals surface area contributed by atoms with Crippen LogP contribution < -0.4 is 10.2 Å². The molecule has 25 heavy (non-hydrogen) atoms. The second kappa shape index (κ2) is 5.55. The maximum atomic E-state index is 9.37. The molecular weight excluding hydrogens is 380 g/mol. The molecule has 3 aromatic rings. The molecule has 6 heterocycles. The first-order chi connectivity index (χ1) is 12.2. The molecule has 3 aliphatic rings. The van der Waals surface area contributed by atoms with E-state index in [-0.39, 0.29) is 0 Å². The number of nitrogens with one attached hydrogen (secondary N) is 1. The summed E-state index contributed by atoms with van der Waals surface area (Å²) in [6.45, 7) is 2.04. The van der Waals surface area contributed by atoms with Crippen molar-refractivity contribution in [2.75, 3.05) is 18.0 Å². The van der Waals surface area contributed by atoms with Crippen molar-refractivity contribution in [2.24, 2.45) is 0 Å². The number of nitrogens with zero attached hydrogens (tertiary/aromatic N) is 5. The fourth-order valence-electron chi connectivity index (χ4n) is 3.82. The molecule has 2 atom stereocenters. The highest BCUT2D eigenvalue weighted by Gasteiger charge is 2.36. The van der Waals surface area contributed by atoms with Gasteiger partial charge in [-0.3, -0.25) is 0 Å². The minimum absolute atomic E-state index is 0.564. The Hall–Kier alpha value is -2.43. The molecule has 0 aromatic carbocycles. The van der Waals surface area contributed by atoms with E-state index < -0.39 is 0 Å². The molecule has 0 aliphatic carbocycles. The number of pyridine rings is 2. The highest BCUT2D eigenvalue weighted by atomic mass is 79.9. The first-order valence-corrected chi connectivity index (χ1v) is 9.05. The van der Waals surface area contributed by atoms with E-state index in [1.54, 1.807) is 10.7 Å². The van der Waals surface area contributed by atoms with Crippen LogP contribution in [0, 0.1) is 11.3 Å². The van der Waals surface area contributed by atoms with Crippen LogP contribution >= 0.6 is 15.9 Å². The Bertz CT molecular complexity index is 987. The quantitative estimate of drug-likeness (QED) is 0.723. The summed E-state index contributed by atoms with van der Waals surface area (Å²) >= 11 is 3.52. The molecule has 2 bridgehead atoms. The lowest BCUT2D eigenvalue weighted by molar-refractivity contribution is 0.225. The lowest BCUT2D eigenvalue weighted by Gasteiger charge is -2.48. The molecule has 6 nitrogen and oxygen atoms in total. The summed E-state index contributed by atoms with van der Waals surface area (Å²) in [5.74, 6) is 1.01. The van der Waals surface area contributed by atoms with Crippen LogP contribution in [0.2, 0.25) is 0 Å². The van der Waals surface area contributed by atoms with Gasteiger partial charge in [-0.15, -0.1) is 0 Å². The van der Waals surface area contributed by atoms with Crippen LogP contribution in [0.1, 0.15) is 12.0 Å². The molecule has 0 amide bonds. The van der Waals surface area contributed by atoms with E-state index in [0.717, 1.165) is 40.0 Å². The topological polar surface area (TPSA) is 69.2 Å². The SMILES string of the molecule is N#Cc1cnn2cc(Br)cc(-c3ccc(N4CC5CC(C4)N5)nc3)c12. The van der Waals surface area contributed by atoms with Crippen LogP contribution in [0.25, 0.3) is 16.6 Å². The molecule has 0 spiro atoms. The summed E-state index contributed by atoms with van der Waals surface area (Å²) in [5, 5.41) is 17.2. The number of piperazine rings is 1. The summed E-state index contributed by atoms with van der Waals surface area (Å²) in [6, 6.07) is 9.58. The van der Waals surface area contributed by atoms with E-state index in [4.69, 9.17) is 0 Å². The number of hydrogen-bond donors (Lipinski definition) is 1. The minimum atomic E-state index is 0.564. The Labute approximate surface area is 153 Å². The van der Waals surface area contributed by atoms with Gasteiger partial charge >= 0.3 is 0 Å². The van der Waals surface area contributed by atoms with Crippen LogP contribution in [-0.2, 0) is 0 Å². The molecule has 1 N–H and O–H groups in total. The summed E-state index contributed by atoms with van der Waals surface area (Å²) in [7, 11) is 0. The molecule has 0 saturated carbocycles. The third kappa shape index (κ3) is 2.41. The van der Waals surface area contributed by atoms with Gasteiger partial charge in [0.25, 0.3) is 0 Å². The number of halogens is 1. The molecule has 7 heteroatoms. The average molecular weight is 395 g/mol. The number of piperidine rings is 1. The number of rotatable bonds is 2. The largest absolute Gasteiger partial charge is 0.353 e. The average Bonchev–Trinajstić information content (AvgIpc) is 3.03. The Kier molecular flexibility index (Phi) is 3.30. The Morgan fingerprint density at radius 1 is 1.24 bits per heavy atom. The number of anilines is 1. The van der Waals surface area contributed by atoms with Crippen molar-refractivity contribution in [3.05, 3.63) is 46.8 Å². The van der Waals surface area contributed by atoms with E-state index in [0.29, 0.717) is 17.6 Å².